The number of ether oxygens (including phenoxy) is 2. The van der Waals surface area contributed by atoms with E-state index in [1.807, 2.05) is 0 Å². The van der Waals surface area contributed by atoms with Gasteiger partial charge in [0.1, 0.15) is 13.2 Å². The van der Waals surface area contributed by atoms with Crippen LogP contribution in [0.25, 0.3) is 0 Å². The van der Waals surface area contributed by atoms with Gasteiger partial charge in [-0.15, -0.1) is 0 Å². The molecule has 0 spiro atoms. The molecule has 98 valence electrons. The zero-order chi connectivity index (χ0) is 13.1. The SMILES string of the molecule is NC(=O)CCC(N)c1cc2c(cc1Cl)OCCO2. The molecule has 1 aromatic rings. The lowest BCUT2D eigenvalue weighted by Gasteiger charge is -2.21. The molecule has 6 heteroatoms. The third kappa shape index (κ3) is 2.86. The highest BCUT2D eigenvalue weighted by Gasteiger charge is 2.18. The number of primary amides is 1. The molecule has 1 amide bonds. The normalized spacial score (nSPS) is 15.2. The van der Waals surface area contributed by atoms with Crippen molar-refractivity contribution < 1.29 is 14.3 Å². The lowest BCUT2D eigenvalue weighted by atomic mass is 10.0. The Kier molecular flexibility index (Phi) is 3.93. The largest absolute Gasteiger partial charge is 0.486 e. The molecule has 0 saturated carbocycles. The molecular formula is C12H15ClN2O3. The predicted octanol–water partition coefficient (Wildman–Crippen LogP) is 1.38. The van der Waals surface area contributed by atoms with Gasteiger partial charge in [0, 0.05) is 23.6 Å². The highest BCUT2D eigenvalue weighted by molar-refractivity contribution is 6.31. The minimum Gasteiger partial charge on any atom is -0.486 e. The van der Waals surface area contributed by atoms with E-state index in [9.17, 15) is 4.79 Å². The Balaban J connectivity index is 2.19. The van der Waals surface area contributed by atoms with Crippen LogP contribution in [0.3, 0.4) is 0 Å². The summed E-state index contributed by atoms with van der Waals surface area (Å²) < 4.78 is 10.9. The third-order valence-corrected chi connectivity index (χ3v) is 3.09. The zero-order valence-electron chi connectivity index (χ0n) is 9.82. The Labute approximate surface area is 110 Å². The molecule has 4 N–H and O–H groups in total. The summed E-state index contributed by atoms with van der Waals surface area (Å²) in [5.41, 5.74) is 11.8. The Morgan fingerprint density at radius 3 is 2.56 bits per heavy atom. The van der Waals surface area contributed by atoms with Gasteiger partial charge < -0.3 is 20.9 Å². The van der Waals surface area contributed by atoms with E-state index in [0.29, 0.717) is 36.2 Å². The van der Waals surface area contributed by atoms with Gasteiger partial charge in [-0.25, -0.2) is 0 Å². The fourth-order valence-corrected chi connectivity index (χ4v) is 2.11. The average molecular weight is 271 g/mol. The molecule has 0 fully saturated rings. The van der Waals surface area contributed by atoms with Gasteiger partial charge in [-0.2, -0.15) is 0 Å². The maximum absolute atomic E-state index is 10.7. The molecule has 5 nitrogen and oxygen atoms in total. The number of halogens is 1. The molecule has 0 aliphatic carbocycles. The molecule has 0 aromatic heterocycles. The smallest absolute Gasteiger partial charge is 0.217 e. The second-order valence-corrected chi connectivity index (χ2v) is 4.54. The molecule has 1 aliphatic rings. The second-order valence-electron chi connectivity index (χ2n) is 4.13. The quantitative estimate of drug-likeness (QED) is 0.865. The summed E-state index contributed by atoms with van der Waals surface area (Å²) in [4.78, 5) is 10.7. The summed E-state index contributed by atoms with van der Waals surface area (Å²) in [6.07, 6.45) is 0.681. The van der Waals surface area contributed by atoms with E-state index < -0.39 is 0 Å². The van der Waals surface area contributed by atoms with Gasteiger partial charge in [0.05, 0.1) is 0 Å². The van der Waals surface area contributed by atoms with E-state index in [1.54, 1.807) is 12.1 Å². The summed E-state index contributed by atoms with van der Waals surface area (Å²) in [5.74, 6) is 0.881. The Morgan fingerprint density at radius 2 is 1.94 bits per heavy atom. The fraction of sp³-hybridized carbons (Fsp3) is 0.417. The standard InChI is InChI=1S/C12H15ClN2O3/c13-8-6-11-10(17-3-4-18-11)5-7(8)9(14)1-2-12(15)16/h5-6,9H,1-4,14H2,(H2,15,16). The van der Waals surface area contributed by atoms with E-state index in [2.05, 4.69) is 0 Å². The molecule has 1 unspecified atom stereocenters. The van der Waals surface area contributed by atoms with Crippen molar-refractivity contribution in [3.05, 3.63) is 22.7 Å². The number of amides is 1. The molecule has 0 saturated heterocycles. The molecule has 1 heterocycles. The Morgan fingerprint density at radius 1 is 1.33 bits per heavy atom. The van der Waals surface area contributed by atoms with Crippen LogP contribution >= 0.6 is 11.6 Å². The van der Waals surface area contributed by atoms with Crippen molar-refractivity contribution in [2.24, 2.45) is 11.5 Å². The van der Waals surface area contributed by atoms with E-state index in [0.717, 1.165) is 5.56 Å². The van der Waals surface area contributed by atoms with Crippen molar-refractivity contribution in [2.45, 2.75) is 18.9 Å². The first-order valence-corrected chi connectivity index (χ1v) is 6.08. The predicted molar refractivity (Wildman–Crippen MR) is 67.8 cm³/mol. The van der Waals surface area contributed by atoms with Gasteiger partial charge in [-0.3, -0.25) is 4.79 Å². The fourth-order valence-electron chi connectivity index (χ4n) is 1.82. The van der Waals surface area contributed by atoms with Gasteiger partial charge in [0.2, 0.25) is 5.91 Å². The van der Waals surface area contributed by atoms with Crippen LogP contribution in [0.1, 0.15) is 24.4 Å². The summed E-state index contributed by atoms with van der Waals surface area (Å²) in [6.45, 7) is 1.01. The summed E-state index contributed by atoms with van der Waals surface area (Å²) >= 11 is 6.14. The first kappa shape index (κ1) is 13.0. The number of fused-ring (bicyclic) bond motifs is 1. The van der Waals surface area contributed by atoms with Crippen LogP contribution < -0.4 is 20.9 Å². The molecule has 1 aromatic carbocycles. The van der Waals surface area contributed by atoms with E-state index in [4.69, 9.17) is 32.5 Å². The van der Waals surface area contributed by atoms with E-state index >= 15 is 0 Å². The molecule has 18 heavy (non-hydrogen) atoms. The van der Waals surface area contributed by atoms with Gasteiger partial charge in [-0.1, -0.05) is 11.6 Å². The molecule has 0 bridgehead atoms. The van der Waals surface area contributed by atoms with Crippen molar-refractivity contribution in [3.8, 4) is 11.5 Å². The first-order chi connectivity index (χ1) is 8.58. The third-order valence-electron chi connectivity index (χ3n) is 2.76. The highest BCUT2D eigenvalue weighted by Crippen LogP contribution is 2.37. The molecule has 0 radical (unpaired) electrons. The Bertz CT molecular complexity index is 465. The highest BCUT2D eigenvalue weighted by atomic mass is 35.5. The Hall–Kier alpha value is -1.46. The van der Waals surface area contributed by atoms with Crippen LogP contribution in [0.15, 0.2) is 12.1 Å². The number of carbonyl (C=O) groups is 1. The molecule has 2 rings (SSSR count). The zero-order valence-corrected chi connectivity index (χ0v) is 10.6. The number of benzene rings is 1. The van der Waals surface area contributed by atoms with E-state index in [1.165, 1.54) is 0 Å². The van der Waals surface area contributed by atoms with Crippen LogP contribution in [0.5, 0.6) is 11.5 Å². The first-order valence-electron chi connectivity index (χ1n) is 5.71. The maximum Gasteiger partial charge on any atom is 0.217 e. The monoisotopic (exact) mass is 270 g/mol. The average Bonchev–Trinajstić information content (AvgIpc) is 2.35. The maximum atomic E-state index is 10.7. The summed E-state index contributed by atoms with van der Waals surface area (Å²) in [5, 5.41) is 0.510. The number of nitrogens with two attached hydrogens (primary N) is 2. The van der Waals surface area contributed by atoms with Crippen LogP contribution in [0.2, 0.25) is 5.02 Å². The second kappa shape index (κ2) is 5.46. The van der Waals surface area contributed by atoms with Crippen molar-refractivity contribution in [3.63, 3.8) is 0 Å². The van der Waals surface area contributed by atoms with Crippen LogP contribution in [-0.4, -0.2) is 19.1 Å². The van der Waals surface area contributed by atoms with Crippen molar-refractivity contribution in [1.29, 1.82) is 0 Å². The van der Waals surface area contributed by atoms with Crippen molar-refractivity contribution in [1.82, 2.24) is 0 Å². The van der Waals surface area contributed by atoms with Crippen molar-refractivity contribution >= 4 is 17.5 Å². The lowest BCUT2D eigenvalue weighted by molar-refractivity contribution is -0.118. The number of carbonyl (C=O) groups excluding carboxylic acids is 1. The van der Waals surface area contributed by atoms with Gasteiger partial charge in [0.25, 0.3) is 0 Å². The topological polar surface area (TPSA) is 87.6 Å². The number of hydrogen-bond donors (Lipinski definition) is 2. The van der Waals surface area contributed by atoms with Crippen molar-refractivity contribution in [2.75, 3.05) is 13.2 Å². The van der Waals surface area contributed by atoms with Crippen LogP contribution in [0, 0.1) is 0 Å². The van der Waals surface area contributed by atoms with Gasteiger partial charge >= 0.3 is 0 Å². The lowest BCUT2D eigenvalue weighted by Crippen LogP contribution is -2.19. The number of hydrogen-bond acceptors (Lipinski definition) is 4. The minimum atomic E-state index is -0.376. The molecule has 1 atom stereocenters. The summed E-state index contributed by atoms with van der Waals surface area (Å²) in [6, 6.07) is 3.11. The van der Waals surface area contributed by atoms with Gasteiger partial charge in [0.15, 0.2) is 11.5 Å². The van der Waals surface area contributed by atoms with Crippen LogP contribution in [0.4, 0.5) is 0 Å². The molecule has 1 aliphatic heterocycles. The van der Waals surface area contributed by atoms with Crippen LogP contribution in [-0.2, 0) is 4.79 Å². The molecular weight excluding hydrogens is 256 g/mol. The number of rotatable bonds is 4. The minimum absolute atomic E-state index is 0.228. The van der Waals surface area contributed by atoms with Gasteiger partial charge in [-0.05, 0) is 18.1 Å². The van der Waals surface area contributed by atoms with E-state index in [-0.39, 0.29) is 18.4 Å². The summed E-state index contributed by atoms with van der Waals surface area (Å²) in [7, 11) is 0.